The van der Waals surface area contributed by atoms with Crippen molar-refractivity contribution < 1.29 is 24.6 Å². The maximum Gasteiger partial charge on any atom is 0.312 e. The SMILES string of the molecule is Cl.NCCc1ccc(C(=O)N2C[C@@]3(C(=O)O)C[C@@]3(C(=O)O)C2)cc1. The molecular weight excluding hydrogens is 336 g/mol. The Morgan fingerprint density at radius 1 is 1.04 bits per heavy atom. The summed E-state index contributed by atoms with van der Waals surface area (Å²) in [5.74, 6) is -2.63. The van der Waals surface area contributed by atoms with Gasteiger partial charge in [0, 0.05) is 18.7 Å². The Bertz CT molecular complexity index is 664. The average Bonchev–Trinajstić information content (AvgIpc) is 3.06. The van der Waals surface area contributed by atoms with Gasteiger partial charge in [0.15, 0.2) is 0 Å². The maximum atomic E-state index is 12.5. The number of amides is 1. The molecule has 7 nitrogen and oxygen atoms in total. The van der Waals surface area contributed by atoms with E-state index in [1.165, 1.54) is 4.90 Å². The highest BCUT2D eigenvalue weighted by Crippen LogP contribution is 2.68. The number of likely N-dealkylation sites (tertiary alicyclic amines) is 1. The molecule has 3 rings (SSSR count). The van der Waals surface area contributed by atoms with E-state index in [1.54, 1.807) is 24.3 Å². The van der Waals surface area contributed by atoms with Crippen LogP contribution in [-0.2, 0) is 16.0 Å². The number of rotatable bonds is 5. The second-order valence-electron chi connectivity index (χ2n) is 6.35. The number of halogens is 1. The van der Waals surface area contributed by atoms with E-state index in [2.05, 4.69) is 0 Å². The zero-order valence-electron chi connectivity index (χ0n) is 12.9. The third kappa shape index (κ3) is 2.44. The predicted molar refractivity (Wildman–Crippen MR) is 87.1 cm³/mol. The van der Waals surface area contributed by atoms with Gasteiger partial charge in [0.2, 0.25) is 0 Å². The van der Waals surface area contributed by atoms with Crippen LogP contribution in [0.5, 0.6) is 0 Å². The summed E-state index contributed by atoms with van der Waals surface area (Å²) in [5, 5.41) is 18.8. The molecule has 2 atom stereocenters. The minimum atomic E-state index is -1.34. The van der Waals surface area contributed by atoms with E-state index in [0.717, 1.165) is 5.56 Å². The Morgan fingerprint density at radius 2 is 1.54 bits per heavy atom. The van der Waals surface area contributed by atoms with Crippen molar-refractivity contribution in [3.8, 4) is 0 Å². The number of fused-ring (bicyclic) bond motifs is 1. The van der Waals surface area contributed by atoms with Gasteiger partial charge in [-0.2, -0.15) is 0 Å². The number of benzene rings is 1. The summed E-state index contributed by atoms with van der Waals surface area (Å²) in [6.45, 7) is 0.401. The summed E-state index contributed by atoms with van der Waals surface area (Å²) in [5.41, 5.74) is 4.23. The minimum absolute atomic E-state index is 0. The standard InChI is InChI=1S/C16H18N2O5.ClH/c17-6-5-10-1-3-11(4-2-10)12(19)18-8-15(13(20)21)7-16(15,9-18)14(22)23;/h1-4H,5-9,17H2,(H,20,21)(H,22,23);1H/t15-,16+;. The topological polar surface area (TPSA) is 121 Å². The first-order valence-electron chi connectivity index (χ1n) is 7.41. The number of hydrogen-bond acceptors (Lipinski definition) is 4. The summed E-state index contributed by atoms with van der Waals surface area (Å²) in [6, 6.07) is 6.93. The second kappa shape index (κ2) is 6.07. The number of aliphatic carboxylic acids is 2. The number of nitrogens with zero attached hydrogens (tertiary/aromatic N) is 1. The van der Waals surface area contributed by atoms with Gasteiger partial charge in [0.05, 0.1) is 0 Å². The lowest BCUT2D eigenvalue weighted by molar-refractivity contribution is -0.151. The number of nitrogens with two attached hydrogens (primary N) is 1. The lowest BCUT2D eigenvalue weighted by atomic mass is 9.97. The molecule has 1 aromatic carbocycles. The van der Waals surface area contributed by atoms with Crippen LogP contribution in [-0.4, -0.2) is 52.6 Å². The Balaban J connectivity index is 0.00000208. The van der Waals surface area contributed by atoms with E-state index in [1.807, 2.05) is 0 Å². The van der Waals surface area contributed by atoms with Crippen LogP contribution in [0.15, 0.2) is 24.3 Å². The molecule has 1 saturated heterocycles. The van der Waals surface area contributed by atoms with Gasteiger partial charge in [-0.15, -0.1) is 12.4 Å². The van der Waals surface area contributed by atoms with Crippen LogP contribution in [0.4, 0.5) is 0 Å². The Labute approximate surface area is 144 Å². The van der Waals surface area contributed by atoms with Crippen LogP contribution in [0.3, 0.4) is 0 Å². The molecule has 0 spiro atoms. The van der Waals surface area contributed by atoms with Crippen LogP contribution >= 0.6 is 12.4 Å². The van der Waals surface area contributed by atoms with Crippen molar-refractivity contribution in [1.29, 1.82) is 0 Å². The van der Waals surface area contributed by atoms with Crippen LogP contribution in [0.2, 0.25) is 0 Å². The first kappa shape index (κ1) is 18.2. The smallest absolute Gasteiger partial charge is 0.312 e. The molecule has 24 heavy (non-hydrogen) atoms. The van der Waals surface area contributed by atoms with Crippen molar-refractivity contribution >= 4 is 30.3 Å². The molecule has 1 aromatic rings. The molecule has 1 aliphatic carbocycles. The predicted octanol–water partition coefficient (Wildman–Crippen LogP) is 0.611. The van der Waals surface area contributed by atoms with E-state index >= 15 is 0 Å². The van der Waals surface area contributed by atoms with Crippen molar-refractivity contribution in [2.45, 2.75) is 12.8 Å². The molecule has 1 heterocycles. The highest BCUT2D eigenvalue weighted by Gasteiger charge is 2.81. The molecule has 130 valence electrons. The van der Waals surface area contributed by atoms with E-state index < -0.39 is 22.8 Å². The van der Waals surface area contributed by atoms with E-state index in [4.69, 9.17) is 5.73 Å². The number of piperidine rings is 1. The Hall–Kier alpha value is -2.12. The van der Waals surface area contributed by atoms with Gasteiger partial charge in [-0.25, -0.2) is 0 Å². The van der Waals surface area contributed by atoms with Gasteiger partial charge in [-0.1, -0.05) is 12.1 Å². The quantitative estimate of drug-likeness (QED) is 0.712. The molecule has 0 bridgehead atoms. The fraction of sp³-hybridized carbons (Fsp3) is 0.438. The van der Waals surface area contributed by atoms with Crippen molar-refractivity contribution in [3.05, 3.63) is 35.4 Å². The van der Waals surface area contributed by atoms with Crippen LogP contribution in [0, 0.1) is 10.8 Å². The van der Waals surface area contributed by atoms with Crippen molar-refractivity contribution in [1.82, 2.24) is 4.90 Å². The van der Waals surface area contributed by atoms with Crippen LogP contribution in [0.25, 0.3) is 0 Å². The molecular formula is C16H19ClN2O5. The fourth-order valence-corrected chi connectivity index (χ4v) is 3.60. The molecule has 1 amide bonds. The average molecular weight is 355 g/mol. The number of carboxylic acid groups (broad SMARTS) is 2. The summed E-state index contributed by atoms with van der Waals surface area (Å²) < 4.78 is 0. The third-order valence-electron chi connectivity index (χ3n) is 5.06. The Kier molecular flexibility index (Phi) is 4.61. The highest BCUT2D eigenvalue weighted by atomic mass is 35.5. The number of carboxylic acids is 2. The molecule has 2 fully saturated rings. The van der Waals surface area contributed by atoms with Gasteiger partial charge in [-0.05, 0) is 37.1 Å². The lowest BCUT2D eigenvalue weighted by Gasteiger charge is -2.20. The minimum Gasteiger partial charge on any atom is -0.481 e. The monoisotopic (exact) mass is 354 g/mol. The normalized spacial score (nSPS) is 27.1. The second-order valence-corrected chi connectivity index (χ2v) is 6.35. The zero-order chi connectivity index (χ0) is 16.8. The Morgan fingerprint density at radius 3 is 1.96 bits per heavy atom. The van der Waals surface area contributed by atoms with E-state index in [9.17, 15) is 24.6 Å². The number of carbonyl (C=O) groups is 3. The highest BCUT2D eigenvalue weighted by molar-refractivity contribution is 5.99. The molecule has 4 N–H and O–H groups in total. The summed E-state index contributed by atoms with van der Waals surface area (Å²) in [6.07, 6.45) is 0.798. The van der Waals surface area contributed by atoms with Crippen molar-refractivity contribution in [2.75, 3.05) is 19.6 Å². The van der Waals surface area contributed by atoms with Crippen LogP contribution < -0.4 is 5.73 Å². The summed E-state index contributed by atoms with van der Waals surface area (Å²) >= 11 is 0. The van der Waals surface area contributed by atoms with Gasteiger partial charge < -0.3 is 20.8 Å². The first-order valence-corrected chi connectivity index (χ1v) is 7.41. The first-order chi connectivity index (χ1) is 10.9. The van der Waals surface area contributed by atoms with Gasteiger partial charge in [0.1, 0.15) is 10.8 Å². The number of hydrogen-bond donors (Lipinski definition) is 3. The molecule has 1 aliphatic heterocycles. The van der Waals surface area contributed by atoms with Crippen molar-refractivity contribution in [3.63, 3.8) is 0 Å². The van der Waals surface area contributed by atoms with Gasteiger partial charge >= 0.3 is 11.9 Å². The molecule has 0 radical (unpaired) electrons. The third-order valence-corrected chi connectivity index (χ3v) is 5.06. The van der Waals surface area contributed by atoms with Gasteiger partial charge in [-0.3, -0.25) is 14.4 Å². The largest absolute Gasteiger partial charge is 0.481 e. The maximum absolute atomic E-state index is 12.5. The lowest BCUT2D eigenvalue weighted by Crippen LogP contribution is -2.34. The van der Waals surface area contributed by atoms with E-state index in [0.29, 0.717) is 18.5 Å². The fourth-order valence-electron chi connectivity index (χ4n) is 3.60. The number of carbonyl (C=O) groups excluding carboxylic acids is 1. The van der Waals surface area contributed by atoms with E-state index in [-0.39, 0.29) is 37.8 Å². The zero-order valence-corrected chi connectivity index (χ0v) is 13.7. The summed E-state index contributed by atoms with van der Waals surface area (Å²) in [7, 11) is 0. The molecule has 2 aliphatic rings. The molecule has 0 unspecified atom stereocenters. The summed E-state index contributed by atoms with van der Waals surface area (Å²) in [4.78, 5) is 36.8. The van der Waals surface area contributed by atoms with Crippen molar-refractivity contribution in [2.24, 2.45) is 16.6 Å². The van der Waals surface area contributed by atoms with Crippen LogP contribution in [0.1, 0.15) is 22.3 Å². The van der Waals surface area contributed by atoms with Gasteiger partial charge in [0.25, 0.3) is 5.91 Å². The molecule has 8 heteroatoms. The molecule has 1 saturated carbocycles. The molecule has 0 aromatic heterocycles.